The van der Waals surface area contributed by atoms with Crippen LogP contribution >= 0.6 is 0 Å². The molecule has 1 N–H and O–H groups in total. The summed E-state index contributed by atoms with van der Waals surface area (Å²) in [7, 11) is 2.02. The molecule has 6 heteroatoms. The van der Waals surface area contributed by atoms with Crippen molar-refractivity contribution in [3.05, 3.63) is 0 Å². The zero-order valence-electron chi connectivity index (χ0n) is 12.3. The Kier molecular flexibility index (Phi) is 4.39. The van der Waals surface area contributed by atoms with Crippen LogP contribution in [0.25, 0.3) is 0 Å². The standard InChI is InChI=1S/C13H24N6/c1-5-14-11-15-12(18(4)10(2)3)17-13(16-11)19-8-6-7-9-19/h10H,5-9H2,1-4H3,(H,14,15,16,17). The molecule has 0 radical (unpaired) electrons. The molecule has 1 fully saturated rings. The Morgan fingerprint density at radius 1 is 1.21 bits per heavy atom. The van der Waals surface area contributed by atoms with E-state index in [-0.39, 0.29) is 0 Å². The first-order valence-electron chi connectivity index (χ1n) is 7.09. The average Bonchev–Trinajstić information content (AvgIpc) is 2.91. The molecule has 19 heavy (non-hydrogen) atoms. The maximum atomic E-state index is 4.61. The third-order valence-electron chi connectivity index (χ3n) is 3.43. The van der Waals surface area contributed by atoms with Gasteiger partial charge in [-0.25, -0.2) is 0 Å². The molecular weight excluding hydrogens is 240 g/mol. The van der Waals surface area contributed by atoms with Crippen LogP contribution in [0.2, 0.25) is 0 Å². The second-order valence-corrected chi connectivity index (χ2v) is 5.19. The van der Waals surface area contributed by atoms with Gasteiger partial charge in [0.25, 0.3) is 0 Å². The highest BCUT2D eigenvalue weighted by molar-refractivity contribution is 5.45. The minimum atomic E-state index is 0.364. The molecule has 2 heterocycles. The summed E-state index contributed by atoms with van der Waals surface area (Å²) in [5.41, 5.74) is 0. The largest absolute Gasteiger partial charge is 0.354 e. The third-order valence-corrected chi connectivity index (χ3v) is 3.43. The molecule has 0 spiro atoms. The number of aromatic nitrogens is 3. The summed E-state index contributed by atoms with van der Waals surface area (Å²) >= 11 is 0. The second-order valence-electron chi connectivity index (χ2n) is 5.19. The smallest absolute Gasteiger partial charge is 0.231 e. The van der Waals surface area contributed by atoms with Gasteiger partial charge in [-0.3, -0.25) is 0 Å². The summed E-state index contributed by atoms with van der Waals surface area (Å²) in [6.45, 7) is 9.21. The fourth-order valence-corrected chi connectivity index (χ4v) is 2.04. The van der Waals surface area contributed by atoms with Crippen molar-refractivity contribution < 1.29 is 0 Å². The second kappa shape index (κ2) is 6.04. The van der Waals surface area contributed by atoms with Crippen molar-refractivity contribution in [2.45, 2.75) is 39.7 Å². The number of anilines is 3. The topological polar surface area (TPSA) is 57.2 Å². The van der Waals surface area contributed by atoms with Crippen molar-refractivity contribution >= 4 is 17.8 Å². The Bertz CT molecular complexity index is 393. The summed E-state index contributed by atoms with van der Waals surface area (Å²) < 4.78 is 0. The number of hydrogen-bond donors (Lipinski definition) is 1. The van der Waals surface area contributed by atoms with E-state index in [2.05, 4.69) is 43.9 Å². The number of rotatable bonds is 5. The van der Waals surface area contributed by atoms with Crippen LogP contribution in [0, 0.1) is 0 Å². The van der Waals surface area contributed by atoms with Crippen LogP contribution in [-0.2, 0) is 0 Å². The van der Waals surface area contributed by atoms with Gasteiger partial charge in [0.1, 0.15) is 0 Å². The van der Waals surface area contributed by atoms with Gasteiger partial charge in [-0.1, -0.05) is 0 Å². The Balaban J connectivity index is 2.31. The first-order chi connectivity index (χ1) is 9.11. The van der Waals surface area contributed by atoms with Gasteiger partial charge in [-0.15, -0.1) is 0 Å². The van der Waals surface area contributed by atoms with Crippen molar-refractivity contribution in [1.82, 2.24) is 15.0 Å². The van der Waals surface area contributed by atoms with E-state index in [0.717, 1.165) is 31.5 Å². The van der Waals surface area contributed by atoms with E-state index in [4.69, 9.17) is 0 Å². The van der Waals surface area contributed by atoms with Crippen molar-refractivity contribution in [2.24, 2.45) is 0 Å². The minimum absolute atomic E-state index is 0.364. The number of hydrogen-bond acceptors (Lipinski definition) is 6. The molecule has 0 aliphatic carbocycles. The highest BCUT2D eigenvalue weighted by atomic mass is 15.4. The lowest BCUT2D eigenvalue weighted by Gasteiger charge is -2.24. The van der Waals surface area contributed by atoms with Gasteiger partial charge in [-0.05, 0) is 33.6 Å². The maximum absolute atomic E-state index is 4.61. The quantitative estimate of drug-likeness (QED) is 0.874. The summed E-state index contributed by atoms with van der Waals surface area (Å²) in [6.07, 6.45) is 2.44. The zero-order valence-corrected chi connectivity index (χ0v) is 12.3. The van der Waals surface area contributed by atoms with Gasteiger partial charge in [-0.2, -0.15) is 15.0 Å². The van der Waals surface area contributed by atoms with Crippen LogP contribution in [0.15, 0.2) is 0 Å². The molecule has 1 aromatic heterocycles. The summed E-state index contributed by atoms with van der Waals surface area (Å²) in [5, 5.41) is 3.19. The van der Waals surface area contributed by atoms with E-state index in [1.54, 1.807) is 0 Å². The van der Waals surface area contributed by atoms with Crippen LogP contribution in [0.5, 0.6) is 0 Å². The Morgan fingerprint density at radius 3 is 2.47 bits per heavy atom. The maximum Gasteiger partial charge on any atom is 0.231 e. The van der Waals surface area contributed by atoms with E-state index in [1.165, 1.54) is 12.8 Å². The first-order valence-corrected chi connectivity index (χ1v) is 7.09. The Morgan fingerprint density at radius 2 is 1.89 bits per heavy atom. The van der Waals surface area contributed by atoms with E-state index < -0.39 is 0 Å². The van der Waals surface area contributed by atoms with Gasteiger partial charge in [0.05, 0.1) is 0 Å². The highest BCUT2D eigenvalue weighted by Gasteiger charge is 2.19. The molecule has 0 aromatic carbocycles. The van der Waals surface area contributed by atoms with Gasteiger partial charge in [0.15, 0.2) is 0 Å². The van der Waals surface area contributed by atoms with Gasteiger partial charge < -0.3 is 15.1 Å². The molecule has 1 aliphatic rings. The number of nitrogens with one attached hydrogen (secondary N) is 1. The van der Waals surface area contributed by atoms with E-state index in [1.807, 2.05) is 14.0 Å². The molecule has 106 valence electrons. The molecule has 2 rings (SSSR count). The fraction of sp³-hybridized carbons (Fsp3) is 0.769. The molecule has 1 aliphatic heterocycles. The lowest BCUT2D eigenvalue weighted by Crippen LogP contribution is -2.30. The molecule has 0 saturated carbocycles. The van der Waals surface area contributed by atoms with Crippen molar-refractivity contribution in [1.29, 1.82) is 0 Å². The van der Waals surface area contributed by atoms with Crippen LogP contribution in [-0.4, -0.2) is 47.7 Å². The predicted octanol–water partition coefficient (Wildman–Crippen LogP) is 1.75. The molecule has 1 aromatic rings. The summed E-state index contributed by atoms with van der Waals surface area (Å²) in [6, 6.07) is 0.364. The van der Waals surface area contributed by atoms with Gasteiger partial charge in [0.2, 0.25) is 17.8 Å². The summed E-state index contributed by atoms with van der Waals surface area (Å²) in [5.74, 6) is 2.20. The molecule has 0 atom stereocenters. The molecule has 6 nitrogen and oxygen atoms in total. The highest BCUT2D eigenvalue weighted by Crippen LogP contribution is 2.20. The van der Waals surface area contributed by atoms with E-state index in [9.17, 15) is 0 Å². The Hall–Kier alpha value is -1.59. The molecule has 1 saturated heterocycles. The summed E-state index contributed by atoms with van der Waals surface area (Å²) in [4.78, 5) is 17.9. The van der Waals surface area contributed by atoms with Crippen LogP contribution in [0.1, 0.15) is 33.6 Å². The molecule has 0 amide bonds. The SMILES string of the molecule is CCNc1nc(N2CCCC2)nc(N(C)C(C)C)n1. The number of nitrogens with zero attached hydrogens (tertiary/aromatic N) is 5. The van der Waals surface area contributed by atoms with E-state index >= 15 is 0 Å². The average molecular weight is 264 g/mol. The van der Waals surface area contributed by atoms with Crippen LogP contribution in [0.4, 0.5) is 17.8 Å². The lowest BCUT2D eigenvalue weighted by atomic mass is 10.4. The normalized spacial score (nSPS) is 15.1. The molecule has 0 unspecified atom stereocenters. The van der Waals surface area contributed by atoms with Crippen molar-refractivity contribution in [3.63, 3.8) is 0 Å². The zero-order chi connectivity index (χ0) is 13.8. The lowest BCUT2D eigenvalue weighted by molar-refractivity contribution is 0.722. The Labute approximate surface area is 115 Å². The molecule has 0 bridgehead atoms. The monoisotopic (exact) mass is 264 g/mol. The third kappa shape index (κ3) is 3.24. The first kappa shape index (κ1) is 13.8. The van der Waals surface area contributed by atoms with Crippen molar-refractivity contribution in [2.75, 3.05) is 41.8 Å². The van der Waals surface area contributed by atoms with Crippen molar-refractivity contribution in [3.8, 4) is 0 Å². The van der Waals surface area contributed by atoms with Gasteiger partial charge >= 0.3 is 0 Å². The van der Waals surface area contributed by atoms with Gasteiger partial charge in [0, 0.05) is 32.7 Å². The van der Waals surface area contributed by atoms with Crippen LogP contribution in [0.3, 0.4) is 0 Å². The minimum Gasteiger partial charge on any atom is -0.354 e. The van der Waals surface area contributed by atoms with Crippen LogP contribution < -0.4 is 15.1 Å². The fourth-order valence-electron chi connectivity index (χ4n) is 2.04. The predicted molar refractivity (Wildman–Crippen MR) is 79.0 cm³/mol. The van der Waals surface area contributed by atoms with E-state index in [0.29, 0.717) is 12.0 Å². The molecular formula is C13H24N6.